The zero-order valence-electron chi connectivity index (χ0n) is 9.72. The van der Waals surface area contributed by atoms with Crippen LogP contribution in [-0.2, 0) is 10.0 Å². The molecule has 1 rings (SSSR count). The molecule has 18 heavy (non-hydrogen) atoms. The number of sulfonamides is 1. The third kappa shape index (κ3) is 3.77. The Morgan fingerprint density at radius 2 is 2.22 bits per heavy atom. The van der Waals surface area contributed by atoms with Gasteiger partial charge in [0.05, 0.1) is 16.6 Å². The van der Waals surface area contributed by atoms with E-state index in [0.29, 0.717) is 0 Å². The van der Waals surface area contributed by atoms with Gasteiger partial charge in [-0.15, -0.1) is 0 Å². The first-order chi connectivity index (χ1) is 8.36. The van der Waals surface area contributed by atoms with Gasteiger partial charge in [0.15, 0.2) is 0 Å². The predicted molar refractivity (Wildman–Crippen MR) is 62.6 cm³/mol. The van der Waals surface area contributed by atoms with Gasteiger partial charge in [0, 0.05) is 6.54 Å². The van der Waals surface area contributed by atoms with E-state index in [4.69, 9.17) is 10.4 Å². The van der Waals surface area contributed by atoms with Gasteiger partial charge >= 0.3 is 0 Å². The van der Waals surface area contributed by atoms with Crippen LogP contribution >= 0.6 is 0 Å². The monoisotopic (exact) mass is 272 g/mol. The number of aliphatic hydroxyl groups is 1. The lowest BCUT2D eigenvalue weighted by molar-refractivity contribution is 0.186. The molecule has 0 saturated carbocycles. The van der Waals surface area contributed by atoms with Gasteiger partial charge < -0.3 is 5.11 Å². The molecule has 0 radical (unpaired) electrons. The van der Waals surface area contributed by atoms with Crippen LogP contribution in [-0.4, -0.2) is 26.2 Å². The van der Waals surface area contributed by atoms with Crippen LogP contribution in [0.1, 0.15) is 18.9 Å². The molecule has 0 bridgehead atoms. The van der Waals surface area contributed by atoms with Gasteiger partial charge in [0.1, 0.15) is 11.9 Å². The molecule has 2 N–H and O–H groups in total. The maximum absolute atomic E-state index is 13.0. The summed E-state index contributed by atoms with van der Waals surface area (Å²) in [6.45, 7) is 1.61. The Balaban J connectivity index is 2.89. The second-order valence-corrected chi connectivity index (χ2v) is 5.56. The Morgan fingerprint density at radius 3 is 2.78 bits per heavy atom. The van der Waals surface area contributed by atoms with Crippen molar-refractivity contribution < 1.29 is 17.9 Å². The minimum absolute atomic E-state index is 0.0687. The lowest BCUT2D eigenvalue weighted by atomic mass is 10.2. The van der Waals surface area contributed by atoms with Crippen molar-refractivity contribution >= 4 is 10.0 Å². The maximum atomic E-state index is 13.0. The van der Waals surface area contributed by atoms with E-state index in [1.54, 1.807) is 13.0 Å². The van der Waals surface area contributed by atoms with Crippen molar-refractivity contribution in [2.24, 2.45) is 0 Å². The van der Waals surface area contributed by atoms with E-state index in [0.717, 1.165) is 18.2 Å². The van der Waals surface area contributed by atoms with E-state index >= 15 is 0 Å². The van der Waals surface area contributed by atoms with Gasteiger partial charge in [-0.25, -0.2) is 17.5 Å². The summed E-state index contributed by atoms with van der Waals surface area (Å²) < 4.78 is 38.8. The van der Waals surface area contributed by atoms with E-state index in [2.05, 4.69) is 4.72 Å². The van der Waals surface area contributed by atoms with Crippen molar-refractivity contribution in [3.05, 3.63) is 29.6 Å². The Morgan fingerprint density at radius 1 is 1.56 bits per heavy atom. The molecular weight excluding hydrogens is 259 g/mol. The largest absolute Gasteiger partial charge is 0.393 e. The lowest BCUT2D eigenvalue weighted by Gasteiger charge is -2.08. The van der Waals surface area contributed by atoms with Crippen molar-refractivity contribution in [3.8, 4) is 6.07 Å². The maximum Gasteiger partial charge on any atom is 0.240 e. The average molecular weight is 272 g/mol. The summed E-state index contributed by atoms with van der Waals surface area (Å²) in [5, 5.41) is 17.6. The van der Waals surface area contributed by atoms with Crippen LogP contribution < -0.4 is 4.72 Å². The molecule has 0 aliphatic carbocycles. The molecule has 98 valence electrons. The highest BCUT2D eigenvalue weighted by Gasteiger charge is 2.15. The summed E-state index contributed by atoms with van der Waals surface area (Å²) in [6.07, 6.45) is -0.346. The number of halogens is 1. The molecule has 1 aromatic rings. The Bertz CT molecular complexity index is 564. The molecule has 0 aliphatic heterocycles. The molecule has 5 nitrogen and oxygen atoms in total. The minimum Gasteiger partial charge on any atom is -0.393 e. The summed E-state index contributed by atoms with van der Waals surface area (Å²) in [5.74, 6) is -0.763. The van der Waals surface area contributed by atoms with E-state index in [1.165, 1.54) is 0 Å². The SMILES string of the molecule is CC(O)CCNS(=O)(=O)c1ccc(F)c(C#N)c1. The Kier molecular flexibility index (Phi) is 4.78. The topological polar surface area (TPSA) is 90.2 Å². The number of hydrogen-bond donors (Lipinski definition) is 2. The number of hydrogen-bond acceptors (Lipinski definition) is 4. The molecule has 0 aromatic heterocycles. The number of nitrogens with one attached hydrogen (secondary N) is 1. The fraction of sp³-hybridized carbons (Fsp3) is 0.364. The number of nitrogens with zero attached hydrogens (tertiary/aromatic N) is 1. The minimum atomic E-state index is -3.78. The second-order valence-electron chi connectivity index (χ2n) is 3.79. The number of nitriles is 1. The third-order valence-electron chi connectivity index (χ3n) is 2.22. The zero-order valence-corrected chi connectivity index (χ0v) is 10.5. The molecule has 1 unspecified atom stereocenters. The highest BCUT2D eigenvalue weighted by Crippen LogP contribution is 2.14. The fourth-order valence-electron chi connectivity index (χ4n) is 1.24. The molecule has 7 heteroatoms. The summed E-state index contributed by atoms with van der Waals surface area (Å²) in [4.78, 5) is -0.175. The summed E-state index contributed by atoms with van der Waals surface area (Å²) in [7, 11) is -3.78. The molecular formula is C11H13FN2O3S. The van der Waals surface area contributed by atoms with Crippen LogP contribution in [0.4, 0.5) is 4.39 Å². The van der Waals surface area contributed by atoms with Gasteiger partial charge in [-0.3, -0.25) is 0 Å². The highest BCUT2D eigenvalue weighted by molar-refractivity contribution is 7.89. The molecule has 0 saturated heterocycles. The lowest BCUT2D eigenvalue weighted by Crippen LogP contribution is -2.26. The average Bonchev–Trinajstić information content (AvgIpc) is 2.28. The van der Waals surface area contributed by atoms with E-state index in [-0.39, 0.29) is 23.4 Å². The van der Waals surface area contributed by atoms with Crippen molar-refractivity contribution in [1.29, 1.82) is 5.26 Å². The van der Waals surface area contributed by atoms with Gasteiger partial charge in [-0.05, 0) is 31.5 Å². The van der Waals surface area contributed by atoms with Crippen LogP contribution in [0.25, 0.3) is 0 Å². The van der Waals surface area contributed by atoms with Crippen molar-refractivity contribution in [1.82, 2.24) is 4.72 Å². The molecule has 0 fully saturated rings. The Hall–Kier alpha value is -1.49. The fourth-order valence-corrected chi connectivity index (χ4v) is 2.32. The van der Waals surface area contributed by atoms with Gasteiger partial charge in [0.2, 0.25) is 10.0 Å². The molecule has 1 aromatic carbocycles. The first-order valence-electron chi connectivity index (χ1n) is 5.24. The molecule has 0 amide bonds. The van der Waals surface area contributed by atoms with Crippen LogP contribution in [0.3, 0.4) is 0 Å². The Labute approximate surface area is 105 Å². The van der Waals surface area contributed by atoms with E-state index in [9.17, 15) is 12.8 Å². The standard InChI is InChI=1S/C11H13FN2O3S/c1-8(15)4-5-14-18(16,17)10-2-3-11(12)9(6-10)7-13/h2-3,6,8,14-15H,4-5H2,1H3. The van der Waals surface area contributed by atoms with Crippen LogP contribution in [0, 0.1) is 17.1 Å². The normalized spacial score (nSPS) is 13.0. The van der Waals surface area contributed by atoms with Crippen molar-refractivity contribution in [2.45, 2.75) is 24.3 Å². The van der Waals surface area contributed by atoms with E-state index in [1.807, 2.05) is 0 Å². The summed E-state index contributed by atoms with van der Waals surface area (Å²) >= 11 is 0. The van der Waals surface area contributed by atoms with Gasteiger partial charge in [0.25, 0.3) is 0 Å². The number of aliphatic hydroxyl groups excluding tert-OH is 1. The van der Waals surface area contributed by atoms with Gasteiger partial charge in [-0.2, -0.15) is 5.26 Å². The van der Waals surface area contributed by atoms with Gasteiger partial charge in [-0.1, -0.05) is 0 Å². The van der Waals surface area contributed by atoms with Crippen LogP contribution in [0.15, 0.2) is 23.1 Å². The first-order valence-corrected chi connectivity index (χ1v) is 6.72. The first kappa shape index (κ1) is 14.6. The third-order valence-corrected chi connectivity index (χ3v) is 3.68. The smallest absolute Gasteiger partial charge is 0.240 e. The molecule has 0 spiro atoms. The zero-order chi connectivity index (χ0) is 13.8. The number of benzene rings is 1. The quantitative estimate of drug-likeness (QED) is 0.827. The van der Waals surface area contributed by atoms with Crippen molar-refractivity contribution in [3.63, 3.8) is 0 Å². The number of rotatable bonds is 5. The summed E-state index contributed by atoms with van der Waals surface area (Å²) in [6, 6.07) is 4.56. The predicted octanol–water partition coefficient (Wildman–Crippen LogP) is 0.747. The molecule has 1 atom stereocenters. The van der Waals surface area contributed by atoms with E-state index < -0.39 is 21.9 Å². The highest BCUT2D eigenvalue weighted by atomic mass is 32.2. The van der Waals surface area contributed by atoms with Crippen LogP contribution in [0.2, 0.25) is 0 Å². The van der Waals surface area contributed by atoms with Crippen LogP contribution in [0.5, 0.6) is 0 Å². The molecule has 0 heterocycles. The van der Waals surface area contributed by atoms with Crippen molar-refractivity contribution in [2.75, 3.05) is 6.54 Å². The second kappa shape index (κ2) is 5.91. The molecule has 0 aliphatic rings. The summed E-state index contributed by atoms with van der Waals surface area (Å²) in [5.41, 5.74) is -0.326.